The average Bonchev–Trinajstić information content (AvgIpc) is 3.16. The third-order valence-electron chi connectivity index (χ3n) is 5.20. The van der Waals surface area contributed by atoms with Crippen molar-refractivity contribution in [2.45, 2.75) is 44.1 Å². The second-order valence-corrected chi connectivity index (χ2v) is 10.6. The third-order valence-corrected chi connectivity index (χ3v) is 7.40. The Morgan fingerprint density at radius 3 is 2.76 bits per heavy atom. The average molecular weight is 499 g/mol. The molecule has 0 spiro atoms. The van der Waals surface area contributed by atoms with E-state index in [-0.39, 0.29) is 17.2 Å². The Morgan fingerprint density at radius 1 is 1.12 bits per heavy atom. The number of aliphatic imine (C=N–C) groups is 1. The molecule has 2 heterocycles. The number of amidine groups is 1. The first-order valence-electron chi connectivity index (χ1n) is 11.0. The van der Waals surface area contributed by atoms with Crippen LogP contribution in [0.25, 0.3) is 0 Å². The molecule has 8 nitrogen and oxygen atoms in total. The van der Waals surface area contributed by atoms with Crippen LogP contribution in [0, 0.1) is 6.92 Å². The smallest absolute Gasteiger partial charge is 0.275 e. The van der Waals surface area contributed by atoms with E-state index in [2.05, 4.69) is 20.0 Å². The number of amides is 1. The van der Waals surface area contributed by atoms with E-state index < -0.39 is 15.9 Å². The zero-order chi connectivity index (χ0) is 24.0. The van der Waals surface area contributed by atoms with E-state index in [4.69, 9.17) is 4.74 Å². The number of aromatic nitrogens is 1. The predicted molar refractivity (Wildman–Crippen MR) is 133 cm³/mol. The van der Waals surface area contributed by atoms with E-state index in [9.17, 15) is 13.2 Å². The van der Waals surface area contributed by atoms with Gasteiger partial charge in [0.1, 0.15) is 28.9 Å². The molecule has 0 aliphatic carbocycles. The Bertz CT molecular complexity index is 1280. The number of hydrogen-bond donors (Lipinski definition) is 2. The fraction of sp³-hybridized carbons (Fsp3) is 0.292. The number of carbonyl (C=O) groups is 1. The van der Waals surface area contributed by atoms with Crippen LogP contribution >= 0.6 is 11.3 Å². The van der Waals surface area contributed by atoms with Crippen LogP contribution in [0.1, 0.15) is 46.7 Å². The molecule has 34 heavy (non-hydrogen) atoms. The molecule has 0 radical (unpaired) electrons. The number of thiazole rings is 1. The van der Waals surface area contributed by atoms with Gasteiger partial charge in [-0.3, -0.25) is 14.5 Å². The summed E-state index contributed by atoms with van der Waals surface area (Å²) in [6.45, 7) is 2.88. The molecular weight excluding hydrogens is 472 g/mol. The maximum Gasteiger partial charge on any atom is 0.275 e. The van der Waals surface area contributed by atoms with Crippen molar-refractivity contribution in [2.24, 2.45) is 4.99 Å². The zero-order valence-electron chi connectivity index (χ0n) is 18.8. The summed E-state index contributed by atoms with van der Waals surface area (Å²) >= 11 is 1.32. The Balaban J connectivity index is 1.38. The highest BCUT2D eigenvalue weighted by atomic mass is 32.2. The Labute approximate surface area is 203 Å². The van der Waals surface area contributed by atoms with Crippen molar-refractivity contribution in [3.8, 4) is 5.75 Å². The fourth-order valence-corrected chi connectivity index (χ4v) is 5.19. The molecule has 2 N–H and O–H groups in total. The maximum absolute atomic E-state index is 12.8. The first kappa shape index (κ1) is 23.9. The lowest BCUT2D eigenvalue weighted by molar-refractivity contribution is 0.102. The number of sulfonamides is 1. The Kier molecular flexibility index (Phi) is 7.59. The Morgan fingerprint density at radius 2 is 1.94 bits per heavy atom. The summed E-state index contributed by atoms with van der Waals surface area (Å²) < 4.78 is 33.9. The molecule has 10 heteroatoms. The number of benzene rings is 2. The minimum Gasteiger partial charge on any atom is -0.486 e. The first-order chi connectivity index (χ1) is 16.4. The van der Waals surface area contributed by atoms with Crippen molar-refractivity contribution in [3.05, 3.63) is 70.2 Å². The minimum absolute atomic E-state index is 0.0581. The molecule has 178 valence electrons. The van der Waals surface area contributed by atoms with Crippen LogP contribution in [0.15, 0.2) is 63.8 Å². The van der Waals surface area contributed by atoms with E-state index in [1.807, 2.05) is 31.2 Å². The van der Waals surface area contributed by atoms with E-state index in [0.717, 1.165) is 30.6 Å². The molecule has 1 aromatic heterocycles. The van der Waals surface area contributed by atoms with Gasteiger partial charge in [-0.2, -0.15) is 0 Å². The van der Waals surface area contributed by atoms with E-state index in [0.29, 0.717) is 29.5 Å². The molecule has 1 aliphatic heterocycles. The zero-order valence-corrected chi connectivity index (χ0v) is 20.4. The number of nitrogens with one attached hydrogen (secondary N) is 2. The van der Waals surface area contributed by atoms with Crippen LogP contribution in [-0.2, 0) is 16.6 Å². The maximum atomic E-state index is 12.8. The number of nitrogens with zero attached hydrogens (tertiary/aromatic N) is 2. The highest BCUT2D eigenvalue weighted by molar-refractivity contribution is 7.90. The molecule has 4 rings (SSSR count). The summed E-state index contributed by atoms with van der Waals surface area (Å²) in [5.74, 6) is 0.788. The molecule has 1 amide bonds. The lowest BCUT2D eigenvalue weighted by Crippen LogP contribution is -2.30. The minimum atomic E-state index is -3.79. The fourth-order valence-electron chi connectivity index (χ4n) is 3.37. The van der Waals surface area contributed by atoms with Crippen LogP contribution in [0.4, 0.5) is 5.69 Å². The third kappa shape index (κ3) is 6.42. The topological polar surface area (TPSA) is 110 Å². The van der Waals surface area contributed by atoms with Gasteiger partial charge < -0.3 is 10.1 Å². The quantitative estimate of drug-likeness (QED) is 0.497. The van der Waals surface area contributed by atoms with Crippen LogP contribution < -0.4 is 14.8 Å². The molecule has 3 aromatic rings. The van der Waals surface area contributed by atoms with Gasteiger partial charge in [0.05, 0.1) is 4.90 Å². The van der Waals surface area contributed by atoms with Crippen molar-refractivity contribution < 1.29 is 17.9 Å². The van der Waals surface area contributed by atoms with E-state index >= 15 is 0 Å². The lowest BCUT2D eigenvalue weighted by Gasteiger charge is -2.11. The van der Waals surface area contributed by atoms with Crippen molar-refractivity contribution in [1.29, 1.82) is 0 Å². The van der Waals surface area contributed by atoms with Gasteiger partial charge in [0.2, 0.25) is 0 Å². The van der Waals surface area contributed by atoms with Gasteiger partial charge in [0.15, 0.2) is 0 Å². The molecule has 0 saturated heterocycles. The van der Waals surface area contributed by atoms with Crippen LogP contribution in [0.5, 0.6) is 5.75 Å². The monoisotopic (exact) mass is 498 g/mol. The molecule has 0 saturated carbocycles. The molecule has 0 unspecified atom stereocenters. The highest BCUT2D eigenvalue weighted by Crippen LogP contribution is 2.19. The van der Waals surface area contributed by atoms with Crippen molar-refractivity contribution in [2.75, 3.05) is 11.9 Å². The normalized spacial score (nSPS) is 14.1. The van der Waals surface area contributed by atoms with Gasteiger partial charge in [-0.25, -0.2) is 13.4 Å². The summed E-state index contributed by atoms with van der Waals surface area (Å²) in [4.78, 5) is 21.4. The molecule has 0 fully saturated rings. The second kappa shape index (κ2) is 10.8. The number of hydrogen-bond acceptors (Lipinski definition) is 7. The summed E-state index contributed by atoms with van der Waals surface area (Å²) in [5, 5.41) is 5.03. The van der Waals surface area contributed by atoms with Gasteiger partial charge in [0.25, 0.3) is 15.9 Å². The van der Waals surface area contributed by atoms with Gasteiger partial charge in [-0.15, -0.1) is 11.3 Å². The van der Waals surface area contributed by atoms with Crippen LogP contribution in [-0.4, -0.2) is 31.7 Å². The summed E-state index contributed by atoms with van der Waals surface area (Å²) in [6, 6.07) is 13.8. The molecule has 0 bridgehead atoms. The molecular formula is C24H26N4O4S2. The second-order valence-electron chi connectivity index (χ2n) is 7.95. The van der Waals surface area contributed by atoms with Crippen molar-refractivity contribution in [1.82, 2.24) is 9.71 Å². The van der Waals surface area contributed by atoms with Gasteiger partial charge in [-0.1, -0.05) is 30.2 Å². The van der Waals surface area contributed by atoms with Crippen molar-refractivity contribution in [3.63, 3.8) is 0 Å². The number of carbonyl (C=O) groups excluding carboxylic acids is 1. The highest BCUT2D eigenvalue weighted by Gasteiger charge is 2.19. The van der Waals surface area contributed by atoms with Crippen LogP contribution in [0.3, 0.4) is 0 Å². The number of rotatable bonds is 7. The van der Waals surface area contributed by atoms with E-state index in [1.54, 1.807) is 17.5 Å². The first-order valence-corrected chi connectivity index (χ1v) is 13.4. The molecule has 2 aromatic carbocycles. The number of ether oxygens (including phenoxy) is 1. The number of anilines is 1. The summed E-state index contributed by atoms with van der Waals surface area (Å²) in [7, 11) is -3.79. The molecule has 0 atom stereocenters. The number of aryl methyl sites for hydroxylation is 1. The predicted octanol–water partition coefficient (Wildman–Crippen LogP) is 4.53. The summed E-state index contributed by atoms with van der Waals surface area (Å²) in [5.41, 5.74) is 1.75. The summed E-state index contributed by atoms with van der Waals surface area (Å²) in [6.07, 6.45) is 3.51. The van der Waals surface area contributed by atoms with Gasteiger partial charge in [0, 0.05) is 24.0 Å². The van der Waals surface area contributed by atoms with E-state index in [1.165, 1.54) is 23.5 Å². The van der Waals surface area contributed by atoms with Crippen LogP contribution in [0.2, 0.25) is 0 Å². The lowest BCUT2D eigenvalue weighted by atomic mass is 10.2. The standard InChI is InChI=1S/C24H26N4O4S2/c1-17-9-11-19(12-10-17)32-15-23-27-21(16-33-23)24(29)26-18-6-5-7-20(14-18)34(30,31)28-22-8-3-2-4-13-25-22/h5-7,9-12,14,16H,2-4,8,13,15H2,1H3,(H,25,28)(H,26,29). The molecule has 1 aliphatic rings. The SMILES string of the molecule is Cc1ccc(OCc2nc(C(=O)Nc3cccc(S(=O)(=O)NC4=NCCCCC4)c3)cs2)cc1. The Hall–Kier alpha value is -3.24. The largest absolute Gasteiger partial charge is 0.486 e. The van der Waals surface area contributed by atoms with Gasteiger partial charge in [-0.05, 0) is 50.1 Å². The van der Waals surface area contributed by atoms with Crippen molar-refractivity contribution >= 4 is 38.8 Å². The van der Waals surface area contributed by atoms with Gasteiger partial charge >= 0.3 is 0 Å².